The lowest BCUT2D eigenvalue weighted by atomic mass is 10.0. The lowest BCUT2D eigenvalue weighted by Crippen LogP contribution is -2.23. The second kappa shape index (κ2) is 4.44. The molecule has 1 aliphatic rings. The Kier molecular flexibility index (Phi) is 3.39. The van der Waals surface area contributed by atoms with E-state index in [0.29, 0.717) is 12.0 Å². The van der Waals surface area contributed by atoms with E-state index in [1.165, 1.54) is 11.1 Å². The first-order chi connectivity index (χ1) is 7.13. The monoisotopic (exact) mass is 287 g/mol. The third kappa shape index (κ3) is 2.08. The quantitative estimate of drug-likeness (QED) is 0.869. The number of hydrogen-bond donors (Lipinski definition) is 1. The maximum Gasteiger partial charge on any atom is 0.0420 e. The summed E-state index contributed by atoms with van der Waals surface area (Å²) in [6.07, 6.45) is 1.13. The highest BCUT2D eigenvalue weighted by molar-refractivity contribution is 9.10. The fraction of sp³-hybridized carbons (Fsp3) is 0.500. The van der Waals surface area contributed by atoms with Crippen LogP contribution in [0.1, 0.15) is 31.0 Å². The fourth-order valence-electron chi connectivity index (χ4n) is 2.39. The first-order valence-electron chi connectivity index (χ1n) is 5.34. The van der Waals surface area contributed by atoms with Gasteiger partial charge in [-0.05, 0) is 42.1 Å². The summed E-state index contributed by atoms with van der Waals surface area (Å²) in [5, 5.41) is 4.34. The van der Waals surface area contributed by atoms with Gasteiger partial charge in [-0.15, -0.1) is 0 Å². The Morgan fingerprint density at radius 1 is 1.53 bits per heavy atom. The van der Waals surface area contributed by atoms with Gasteiger partial charge >= 0.3 is 0 Å². The van der Waals surface area contributed by atoms with Crippen molar-refractivity contribution in [1.82, 2.24) is 5.32 Å². The van der Waals surface area contributed by atoms with Crippen LogP contribution in [0.4, 0.5) is 0 Å². The number of rotatable bonds is 2. The molecule has 2 unspecified atom stereocenters. The third-order valence-electron chi connectivity index (χ3n) is 3.05. The van der Waals surface area contributed by atoms with Gasteiger partial charge in [-0.1, -0.05) is 41.4 Å². The molecule has 0 saturated carbocycles. The minimum absolute atomic E-state index is 0.458. The van der Waals surface area contributed by atoms with Crippen LogP contribution in [0.3, 0.4) is 0 Å². The molecule has 3 heteroatoms. The third-order valence-corrected chi connectivity index (χ3v) is 3.97. The van der Waals surface area contributed by atoms with Crippen LogP contribution < -0.4 is 5.32 Å². The van der Waals surface area contributed by atoms with Crippen molar-refractivity contribution in [1.29, 1.82) is 0 Å². The number of nitrogens with one attached hydrogen (secondary N) is 1. The topological polar surface area (TPSA) is 12.0 Å². The van der Waals surface area contributed by atoms with E-state index in [0.717, 1.165) is 22.5 Å². The largest absolute Gasteiger partial charge is 0.310 e. The Morgan fingerprint density at radius 2 is 2.27 bits per heavy atom. The summed E-state index contributed by atoms with van der Waals surface area (Å²) in [5.41, 5.74) is 2.78. The highest BCUT2D eigenvalue weighted by Gasteiger charge is 2.30. The number of benzene rings is 1. The normalized spacial score (nSPS) is 24.3. The van der Waals surface area contributed by atoms with Gasteiger partial charge in [0.05, 0.1) is 0 Å². The minimum atomic E-state index is 0.458. The van der Waals surface area contributed by atoms with E-state index in [1.54, 1.807) is 0 Å². The van der Waals surface area contributed by atoms with Crippen molar-refractivity contribution >= 4 is 27.5 Å². The van der Waals surface area contributed by atoms with Gasteiger partial charge in [-0.25, -0.2) is 0 Å². The second-order valence-electron chi connectivity index (χ2n) is 4.17. The van der Waals surface area contributed by atoms with Crippen LogP contribution in [0.5, 0.6) is 0 Å². The highest BCUT2D eigenvalue weighted by atomic mass is 79.9. The first-order valence-corrected chi connectivity index (χ1v) is 6.51. The molecular formula is C12H15BrClN. The molecule has 0 radical (unpaired) electrons. The lowest BCUT2D eigenvalue weighted by Gasteiger charge is -2.17. The maximum atomic E-state index is 6.08. The predicted octanol–water partition coefficient (Wildman–Crippen LogP) is 3.95. The van der Waals surface area contributed by atoms with Gasteiger partial charge in [0.15, 0.2) is 0 Å². The Morgan fingerprint density at radius 3 is 2.93 bits per heavy atom. The molecule has 0 amide bonds. The first kappa shape index (κ1) is 11.4. The molecule has 0 aromatic heterocycles. The molecule has 2 rings (SSSR count). The summed E-state index contributed by atoms with van der Waals surface area (Å²) < 4.78 is 1.15. The average molecular weight is 289 g/mol. The maximum absolute atomic E-state index is 6.08. The van der Waals surface area contributed by atoms with Gasteiger partial charge in [-0.3, -0.25) is 0 Å². The second-order valence-corrected chi connectivity index (χ2v) is 5.46. The van der Waals surface area contributed by atoms with Gasteiger partial charge in [-0.2, -0.15) is 0 Å². The molecule has 1 N–H and O–H groups in total. The Bertz CT molecular complexity index is 378. The molecule has 1 aliphatic carbocycles. The summed E-state index contributed by atoms with van der Waals surface area (Å²) in [4.78, 5) is 0. The molecule has 0 aliphatic heterocycles. The van der Waals surface area contributed by atoms with Crippen molar-refractivity contribution < 1.29 is 0 Å². The van der Waals surface area contributed by atoms with Crippen LogP contribution in [-0.2, 0) is 6.42 Å². The van der Waals surface area contributed by atoms with Crippen LogP contribution in [0, 0.1) is 5.92 Å². The smallest absolute Gasteiger partial charge is 0.0420 e. The van der Waals surface area contributed by atoms with Crippen molar-refractivity contribution in [3.8, 4) is 0 Å². The van der Waals surface area contributed by atoms with E-state index >= 15 is 0 Å². The van der Waals surface area contributed by atoms with Gasteiger partial charge in [0.2, 0.25) is 0 Å². The molecule has 1 nitrogen and oxygen atoms in total. The van der Waals surface area contributed by atoms with E-state index in [2.05, 4.69) is 41.2 Å². The molecule has 0 saturated heterocycles. The van der Waals surface area contributed by atoms with Crippen molar-refractivity contribution in [3.05, 3.63) is 32.8 Å². The van der Waals surface area contributed by atoms with E-state index in [9.17, 15) is 0 Å². The number of hydrogen-bond acceptors (Lipinski definition) is 1. The highest BCUT2D eigenvalue weighted by Crippen LogP contribution is 2.41. The SMILES string of the molecule is CCNC1c2cc(Cl)cc(Br)c2CC1C. The zero-order chi connectivity index (χ0) is 11.0. The minimum Gasteiger partial charge on any atom is -0.310 e. The van der Waals surface area contributed by atoms with Crippen molar-refractivity contribution in [2.24, 2.45) is 5.92 Å². The summed E-state index contributed by atoms with van der Waals surface area (Å²) in [6.45, 7) is 5.43. The van der Waals surface area contributed by atoms with Crippen molar-refractivity contribution in [2.75, 3.05) is 6.54 Å². The molecule has 0 heterocycles. The molecule has 1 aromatic rings. The summed E-state index contributed by atoms with van der Waals surface area (Å²) in [6, 6.07) is 4.54. The molecule has 15 heavy (non-hydrogen) atoms. The molecule has 1 aromatic carbocycles. The molecular weight excluding hydrogens is 273 g/mol. The predicted molar refractivity (Wildman–Crippen MR) is 68.4 cm³/mol. The van der Waals surface area contributed by atoms with E-state index in [1.807, 2.05) is 6.07 Å². The zero-order valence-corrected chi connectivity index (χ0v) is 11.3. The van der Waals surface area contributed by atoms with Crippen molar-refractivity contribution in [3.63, 3.8) is 0 Å². The Hall–Kier alpha value is -0.0500. The number of halogens is 2. The summed E-state index contributed by atoms with van der Waals surface area (Å²) in [5.74, 6) is 0.648. The van der Waals surface area contributed by atoms with Crippen LogP contribution in [0.25, 0.3) is 0 Å². The number of fused-ring (bicyclic) bond motifs is 1. The fourth-order valence-corrected chi connectivity index (χ4v) is 3.39. The van der Waals surface area contributed by atoms with Gasteiger partial charge < -0.3 is 5.32 Å². The zero-order valence-electron chi connectivity index (χ0n) is 8.98. The van der Waals surface area contributed by atoms with Crippen molar-refractivity contribution in [2.45, 2.75) is 26.3 Å². The van der Waals surface area contributed by atoms with Gasteiger partial charge in [0, 0.05) is 15.5 Å². The molecule has 0 spiro atoms. The Balaban J connectivity index is 2.43. The molecule has 0 bridgehead atoms. The lowest BCUT2D eigenvalue weighted by molar-refractivity contribution is 0.426. The van der Waals surface area contributed by atoms with Crippen LogP contribution in [-0.4, -0.2) is 6.54 Å². The van der Waals surface area contributed by atoms with Crippen LogP contribution >= 0.6 is 27.5 Å². The summed E-state index contributed by atoms with van der Waals surface area (Å²) in [7, 11) is 0. The van der Waals surface area contributed by atoms with E-state index in [-0.39, 0.29) is 0 Å². The molecule has 0 fully saturated rings. The average Bonchev–Trinajstić information content (AvgIpc) is 2.46. The summed E-state index contributed by atoms with van der Waals surface area (Å²) >= 11 is 9.68. The van der Waals surface area contributed by atoms with Crippen LogP contribution in [0.15, 0.2) is 16.6 Å². The standard InChI is InChI=1S/C12H15BrClN/c1-3-15-12-7(2)4-9-10(12)5-8(14)6-11(9)13/h5-7,12,15H,3-4H2,1-2H3. The van der Waals surface area contributed by atoms with E-state index in [4.69, 9.17) is 11.6 Å². The van der Waals surface area contributed by atoms with Gasteiger partial charge in [0.1, 0.15) is 0 Å². The molecule has 82 valence electrons. The Labute approximate surface area is 104 Å². The van der Waals surface area contributed by atoms with E-state index < -0.39 is 0 Å². The molecule has 2 atom stereocenters. The van der Waals surface area contributed by atoms with Crippen LogP contribution in [0.2, 0.25) is 5.02 Å². The van der Waals surface area contributed by atoms with Gasteiger partial charge in [0.25, 0.3) is 0 Å².